The molecular weight excluding hydrogens is 470 g/mol. The predicted molar refractivity (Wildman–Crippen MR) is 108 cm³/mol. The minimum absolute atomic E-state index is 0.0946. The molecule has 34 heavy (non-hydrogen) atoms. The molecule has 0 aliphatic carbocycles. The zero-order chi connectivity index (χ0) is 25.3. The Kier molecular flexibility index (Phi) is 6.89. The van der Waals surface area contributed by atoms with Crippen LogP contribution in [0.1, 0.15) is 36.6 Å². The number of benzene rings is 2. The van der Waals surface area contributed by atoms with E-state index < -0.39 is 47.3 Å². The SMILES string of the molecule is CCOC(=O)C1=Nc2ccc(C(F)(F)F)cc2C(C(=O)OCC)N1c1ccc(C(F)(F)F)cc1. The predicted octanol–water partition coefficient (Wildman–Crippen LogP) is 5.44. The molecule has 0 bridgehead atoms. The van der Waals surface area contributed by atoms with Gasteiger partial charge in [0.05, 0.1) is 30.0 Å². The van der Waals surface area contributed by atoms with Crippen molar-refractivity contribution in [2.75, 3.05) is 18.1 Å². The first kappa shape index (κ1) is 25.1. The molecule has 182 valence electrons. The lowest BCUT2D eigenvalue weighted by Crippen LogP contribution is -2.46. The number of hydrogen-bond acceptors (Lipinski definition) is 6. The van der Waals surface area contributed by atoms with E-state index in [1.54, 1.807) is 0 Å². The van der Waals surface area contributed by atoms with Gasteiger partial charge in [0, 0.05) is 11.3 Å². The first-order valence-corrected chi connectivity index (χ1v) is 9.98. The third-order valence-corrected chi connectivity index (χ3v) is 4.80. The quantitative estimate of drug-likeness (QED) is 0.414. The molecule has 0 fully saturated rings. The first-order valence-electron chi connectivity index (χ1n) is 9.98. The van der Waals surface area contributed by atoms with Gasteiger partial charge < -0.3 is 14.4 Å². The Hall–Kier alpha value is -3.57. The Labute approximate surface area is 189 Å². The van der Waals surface area contributed by atoms with E-state index in [4.69, 9.17) is 9.47 Å². The van der Waals surface area contributed by atoms with E-state index in [1.165, 1.54) is 13.8 Å². The van der Waals surface area contributed by atoms with Crippen molar-refractivity contribution in [2.24, 2.45) is 4.99 Å². The van der Waals surface area contributed by atoms with E-state index in [1.807, 2.05) is 0 Å². The molecule has 1 unspecified atom stereocenters. The highest BCUT2D eigenvalue weighted by atomic mass is 19.4. The highest BCUT2D eigenvalue weighted by molar-refractivity contribution is 6.42. The number of carbonyl (C=O) groups is 2. The number of halogens is 6. The van der Waals surface area contributed by atoms with Crippen molar-refractivity contribution in [1.29, 1.82) is 0 Å². The number of nitrogens with zero attached hydrogens (tertiary/aromatic N) is 2. The largest absolute Gasteiger partial charge is 0.464 e. The van der Waals surface area contributed by atoms with Crippen molar-refractivity contribution in [3.05, 3.63) is 59.2 Å². The van der Waals surface area contributed by atoms with Crippen molar-refractivity contribution in [3.8, 4) is 0 Å². The maximum absolute atomic E-state index is 13.4. The number of alkyl halides is 6. The van der Waals surface area contributed by atoms with Crippen LogP contribution in [-0.2, 0) is 31.4 Å². The van der Waals surface area contributed by atoms with Gasteiger partial charge in [-0.2, -0.15) is 26.3 Å². The van der Waals surface area contributed by atoms with Crippen LogP contribution >= 0.6 is 0 Å². The number of fused-ring (bicyclic) bond motifs is 1. The summed E-state index contributed by atoms with van der Waals surface area (Å²) >= 11 is 0. The summed E-state index contributed by atoms with van der Waals surface area (Å²) in [6, 6.07) is 4.15. The minimum Gasteiger partial charge on any atom is -0.464 e. The lowest BCUT2D eigenvalue weighted by molar-refractivity contribution is -0.145. The molecule has 3 rings (SSSR count). The van der Waals surface area contributed by atoms with E-state index in [2.05, 4.69) is 4.99 Å². The van der Waals surface area contributed by atoms with E-state index in [0.29, 0.717) is 18.2 Å². The van der Waals surface area contributed by atoms with Crippen molar-refractivity contribution in [3.63, 3.8) is 0 Å². The fourth-order valence-corrected chi connectivity index (χ4v) is 3.36. The molecule has 0 amide bonds. The highest BCUT2D eigenvalue weighted by Crippen LogP contribution is 2.42. The van der Waals surface area contributed by atoms with Gasteiger partial charge in [-0.1, -0.05) is 0 Å². The van der Waals surface area contributed by atoms with Crippen LogP contribution in [0.25, 0.3) is 0 Å². The number of aliphatic imine (C=N–C) groups is 1. The van der Waals surface area contributed by atoms with Gasteiger partial charge >= 0.3 is 24.3 Å². The summed E-state index contributed by atoms with van der Waals surface area (Å²) in [4.78, 5) is 30.6. The van der Waals surface area contributed by atoms with Crippen LogP contribution in [0, 0.1) is 0 Å². The molecule has 1 aliphatic rings. The van der Waals surface area contributed by atoms with Gasteiger partial charge in [-0.15, -0.1) is 0 Å². The van der Waals surface area contributed by atoms with Gasteiger partial charge in [0.15, 0.2) is 6.04 Å². The third kappa shape index (κ3) is 5.00. The molecule has 12 heteroatoms. The second-order valence-electron chi connectivity index (χ2n) is 7.00. The van der Waals surface area contributed by atoms with Crippen LogP contribution in [-0.4, -0.2) is 31.0 Å². The number of esters is 2. The van der Waals surface area contributed by atoms with Crippen LogP contribution < -0.4 is 4.90 Å². The fraction of sp³-hybridized carbons (Fsp3) is 0.318. The Balaban J connectivity index is 2.26. The Bertz CT molecular complexity index is 1110. The zero-order valence-electron chi connectivity index (χ0n) is 17.8. The van der Waals surface area contributed by atoms with Crippen LogP contribution in [0.3, 0.4) is 0 Å². The van der Waals surface area contributed by atoms with Crippen LogP contribution in [0.15, 0.2) is 47.5 Å². The van der Waals surface area contributed by atoms with Gasteiger partial charge in [0.1, 0.15) is 0 Å². The second-order valence-corrected chi connectivity index (χ2v) is 7.00. The molecule has 0 saturated carbocycles. The first-order chi connectivity index (χ1) is 15.9. The van der Waals surface area contributed by atoms with E-state index >= 15 is 0 Å². The van der Waals surface area contributed by atoms with Gasteiger partial charge in [-0.3, -0.25) is 0 Å². The summed E-state index contributed by atoms with van der Waals surface area (Å²) in [5.41, 5.74) is -2.54. The molecule has 2 aromatic rings. The highest BCUT2D eigenvalue weighted by Gasteiger charge is 2.42. The number of anilines is 1. The Morgan fingerprint density at radius 1 is 0.882 bits per heavy atom. The number of hydrogen-bond donors (Lipinski definition) is 0. The van der Waals surface area contributed by atoms with Crippen LogP contribution in [0.2, 0.25) is 0 Å². The van der Waals surface area contributed by atoms with Crippen molar-refractivity contribution >= 4 is 29.1 Å². The molecule has 1 heterocycles. The lowest BCUT2D eigenvalue weighted by atomic mass is 9.97. The number of carbonyl (C=O) groups excluding carboxylic acids is 2. The van der Waals surface area contributed by atoms with Gasteiger partial charge in [-0.05, 0) is 56.3 Å². The van der Waals surface area contributed by atoms with Gasteiger partial charge in [-0.25, -0.2) is 14.6 Å². The fourth-order valence-electron chi connectivity index (χ4n) is 3.36. The maximum Gasteiger partial charge on any atom is 0.416 e. The smallest absolute Gasteiger partial charge is 0.416 e. The molecule has 0 radical (unpaired) electrons. The number of ether oxygens (including phenoxy) is 2. The molecule has 6 nitrogen and oxygen atoms in total. The zero-order valence-corrected chi connectivity index (χ0v) is 17.8. The van der Waals surface area contributed by atoms with E-state index in [-0.39, 0.29) is 30.2 Å². The average Bonchev–Trinajstić information content (AvgIpc) is 2.76. The molecule has 0 saturated heterocycles. The molecular formula is C22H18F6N2O4. The van der Waals surface area contributed by atoms with E-state index in [9.17, 15) is 35.9 Å². The molecule has 0 aromatic heterocycles. The van der Waals surface area contributed by atoms with Crippen molar-refractivity contribution < 1.29 is 45.4 Å². The van der Waals surface area contributed by atoms with E-state index in [0.717, 1.165) is 29.2 Å². The second kappa shape index (κ2) is 9.35. The summed E-state index contributed by atoms with van der Waals surface area (Å²) in [7, 11) is 0. The summed E-state index contributed by atoms with van der Waals surface area (Å²) in [5.74, 6) is -2.55. The minimum atomic E-state index is -4.75. The average molecular weight is 488 g/mol. The van der Waals surface area contributed by atoms with Gasteiger partial charge in [0.2, 0.25) is 5.84 Å². The molecule has 1 atom stereocenters. The summed E-state index contributed by atoms with van der Waals surface area (Å²) in [5, 5.41) is 0. The number of rotatable bonds is 5. The monoisotopic (exact) mass is 488 g/mol. The third-order valence-electron chi connectivity index (χ3n) is 4.80. The standard InChI is InChI=1S/C22H18F6N2O4/c1-3-33-19(31)17-15-11-13(22(26,27)28)7-10-16(15)29-18(20(32)34-4-2)30(17)14-8-5-12(6-9-14)21(23,24)25/h5-11,17H,3-4H2,1-2H3. The van der Waals surface area contributed by atoms with Crippen LogP contribution in [0.5, 0.6) is 0 Å². The summed E-state index contributed by atoms with van der Waals surface area (Å²) in [6.45, 7) is 2.73. The molecule has 0 N–H and O–H groups in total. The van der Waals surface area contributed by atoms with Crippen molar-refractivity contribution in [2.45, 2.75) is 32.2 Å². The lowest BCUT2D eigenvalue weighted by Gasteiger charge is -2.36. The Morgan fingerprint density at radius 3 is 1.97 bits per heavy atom. The molecule has 2 aromatic carbocycles. The van der Waals surface area contributed by atoms with Crippen LogP contribution in [0.4, 0.5) is 37.7 Å². The van der Waals surface area contributed by atoms with Gasteiger partial charge in [0.25, 0.3) is 0 Å². The number of amidine groups is 1. The normalized spacial score (nSPS) is 15.9. The Morgan fingerprint density at radius 2 is 1.44 bits per heavy atom. The summed E-state index contributed by atoms with van der Waals surface area (Å²) < 4.78 is 89.2. The summed E-state index contributed by atoms with van der Waals surface area (Å²) in [6.07, 6.45) is -9.41. The maximum atomic E-state index is 13.4. The molecule has 0 spiro atoms. The van der Waals surface area contributed by atoms with Crippen molar-refractivity contribution in [1.82, 2.24) is 0 Å². The molecule has 1 aliphatic heterocycles. The topological polar surface area (TPSA) is 68.2 Å².